The van der Waals surface area contributed by atoms with Crippen molar-refractivity contribution in [3.05, 3.63) is 174 Å². The van der Waals surface area contributed by atoms with Crippen LogP contribution < -0.4 is 0 Å². The number of fused-ring (bicyclic) bond motifs is 6. The van der Waals surface area contributed by atoms with Gasteiger partial charge in [0.1, 0.15) is 0 Å². The lowest BCUT2D eigenvalue weighted by Gasteiger charge is -2.30. The lowest BCUT2D eigenvalue weighted by molar-refractivity contribution is 0.576. The van der Waals surface area contributed by atoms with Crippen LogP contribution in [-0.2, 0) is 0 Å². The Morgan fingerprint density at radius 2 is 1.10 bits per heavy atom. The highest BCUT2D eigenvalue weighted by Crippen LogP contribution is 2.45. The van der Waals surface area contributed by atoms with Crippen LogP contribution in [0.25, 0.3) is 60.4 Å². The number of para-hydroxylation sites is 2. The van der Waals surface area contributed by atoms with Crippen LogP contribution in [0, 0.1) is 34.0 Å². The summed E-state index contributed by atoms with van der Waals surface area (Å²) in [5.41, 5.74) is 10.2. The van der Waals surface area contributed by atoms with E-state index in [4.69, 9.17) is 0 Å². The van der Waals surface area contributed by atoms with Gasteiger partial charge in [0.2, 0.25) is 0 Å². The summed E-state index contributed by atoms with van der Waals surface area (Å²) in [6.07, 6.45) is 8.58. The summed E-state index contributed by atoms with van der Waals surface area (Å²) in [7, 11) is 0. The standard InChI is InChI=1S/C45H27N5/c46-26-29-16-22-43-38(24-29)35-9-1-4-13-40(35)49(43)33-20-18-31(19-21-33)34-12-7-8-32(28-48)45(34)37-11-3-6-15-42(37)50-41-14-5-2-10-36(41)39-25-30(27-47)17-23-44(39)50/h1-25,37,42H. The summed E-state index contributed by atoms with van der Waals surface area (Å²) in [5, 5.41) is 34.0. The van der Waals surface area contributed by atoms with E-state index in [1.54, 1.807) is 0 Å². The fourth-order valence-corrected chi connectivity index (χ4v) is 7.89. The highest BCUT2D eigenvalue weighted by atomic mass is 15.0. The molecule has 0 saturated carbocycles. The van der Waals surface area contributed by atoms with Gasteiger partial charge in [-0.3, -0.25) is 0 Å². The summed E-state index contributed by atoms with van der Waals surface area (Å²) in [4.78, 5) is 0. The summed E-state index contributed by atoms with van der Waals surface area (Å²) < 4.78 is 4.60. The number of benzene rings is 6. The molecule has 2 unspecified atom stereocenters. The van der Waals surface area contributed by atoms with Crippen molar-refractivity contribution in [1.29, 1.82) is 15.8 Å². The molecule has 2 atom stereocenters. The van der Waals surface area contributed by atoms with Gasteiger partial charge in [-0.15, -0.1) is 0 Å². The number of rotatable bonds is 4. The first-order valence-corrected chi connectivity index (χ1v) is 16.5. The Kier molecular flexibility index (Phi) is 6.70. The van der Waals surface area contributed by atoms with Gasteiger partial charge >= 0.3 is 0 Å². The molecule has 8 aromatic rings. The van der Waals surface area contributed by atoms with Crippen LogP contribution in [0.5, 0.6) is 0 Å². The minimum absolute atomic E-state index is 0.112. The van der Waals surface area contributed by atoms with Crippen molar-refractivity contribution in [2.24, 2.45) is 0 Å². The van der Waals surface area contributed by atoms with Crippen molar-refractivity contribution < 1.29 is 0 Å². The maximum absolute atomic E-state index is 10.5. The third-order valence-corrected chi connectivity index (χ3v) is 10.0. The zero-order chi connectivity index (χ0) is 33.8. The fourth-order valence-electron chi connectivity index (χ4n) is 7.89. The van der Waals surface area contributed by atoms with E-state index in [-0.39, 0.29) is 12.0 Å². The van der Waals surface area contributed by atoms with E-state index < -0.39 is 0 Å². The molecule has 1 aliphatic carbocycles. The molecule has 2 heterocycles. The SMILES string of the molecule is N#Cc1ccc2c(c1)c1ccccc1n2-c1ccc(-c2cccc(C#N)c2C2C=CC=CC2n2c3ccccc3c3cc(C#N)ccc32)cc1. The molecule has 0 bridgehead atoms. The number of hydrogen-bond donors (Lipinski definition) is 0. The zero-order valence-electron chi connectivity index (χ0n) is 26.8. The van der Waals surface area contributed by atoms with E-state index in [1.807, 2.05) is 66.7 Å². The average molecular weight is 638 g/mol. The zero-order valence-corrected chi connectivity index (χ0v) is 26.8. The van der Waals surface area contributed by atoms with Crippen LogP contribution in [-0.4, -0.2) is 9.13 Å². The topological polar surface area (TPSA) is 81.2 Å². The number of hydrogen-bond acceptors (Lipinski definition) is 3. The van der Waals surface area contributed by atoms with E-state index in [1.165, 1.54) is 0 Å². The average Bonchev–Trinajstić information content (AvgIpc) is 3.69. The van der Waals surface area contributed by atoms with E-state index >= 15 is 0 Å². The van der Waals surface area contributed by atoms with Crippen LogP contribution in [0.3, 0.4) is 0 Å². The lowest BCUT2D eigenvalue weighted by Crippen LogP contribution is -2.18. The number of nitriles is 3. The van der Waals surface area contributed by atoms with Crippen LogP contribution in [0.2, 0.25) is 0 Å². The normalized spacial score (nSPS) is 15.4. The molecule has 9 rings (SSSR count). The smallest absolute Gasteiger partial charge is 0.0994 e. The summed E-state index contributed by atoms with van der Waals surface area (Å²) in [6.45, 7) is 0. The van der Waals surface area contributed by atoms with E-state index in [0.29, 0.717) is 16.7 Å². The van der Waals surface area contributed by atoms with Gasteiger partial charge in [-0.25, -0.2) is 0 Å². The maximum Gasteiger partial charge on any atom is 0.0994 e. The predicted molar refractivity (Wildman–Crippen MR) is 200 cm³/mol. The van der Waals surface area contributed by atoms with Crippen molar-refractivity contribution in [1.82, 2.24) is 9.13 Å². The molecule has 0 fully saturated rings. The van der Waals surface area contributed by atoms with E-state index in [9.17, 15) is 15.8 Å². The van der Waals surface area contributed by atoms with Gasteiger partial charge in [0.25, 0.3) is 0 Å². The molecule has 0 spiro atoms. The Labute approximate surface area is 288 Å². The van der Waals surface area contributed by atoms with Crippen molar-refractivity contribution in [3.63, 3.8) is 0 Å². The van der Waals surface area contributed by atoms with Gasteiger partial charge in [0.05, 0.1) is 52.0 Å². The Bertz CT molecular complexity index is 2860. The molecule has 6 aromatic carbocycles. The molecule has 2 aromatic heterocycles. The van der Waals surface area contributed by atoms with Crippen molar-refractivity contribution >= 4 is 43.6 Å². The molecule has 5 heteroatoms. The second kappa shape index (κ2) is 11.5. The van der Waals surface area contributed by atoms with Crippen LogP contribution >= 0.6 is 0 Å². The van der Waals surface area contributed by atoms with Crippen LogP contribution in [0.15, 0.2) is 152 Å². The largest absolute Gasteiger partial charge is 0.332 e. The third kappa shape index (κ3) is 4.37. The minimum Gasteiger partial charge on any atom is -0.332 e. The molecule has 232 valence electrons. The van der Waals surface area contributed by atoms with Gasteiger partial charge in [-0.2, -0.15) is 15.8 Å². The third-order valence-electron chi connectivity index (χ3n) is 10.0. The van der Waals surface area contributed by atoms with Crippen molar-refractivity contribution in [2.75, 3.05) is 0 Å². The first-order valence-electron chi connectivity index (χ1n) is 16.5. The maximum atomic E-state index is 10.5. The fraction of sp³-hybridized carbons (Fsp3) is 0.0444. The first-order chi connectivity index (χ1) is 24.7. The van der Waals surface area contributed by atoms with Gasteiger partial charge in [0, 0.05) is 44.2 Å². The van der Waals surface area contributed by atoms with E-state index in [0.717, 1.165) is 66.0 Å². The summed E-state index contributed by atoms with van der Waals surface area (Å²) in [5.74, 6) is -0.133. The predicted octanol–water partition coefficient (Wildman–Crippen LogP) is 10.6. The molecule has 0 saturated heterocycles. The highest BCUT2D eigenvalue weighted by Gasteiger charge is 2.29. The van der Waals surface area contributed by atoms with Crippen LogP contribution in [0.4, 0.5) is 0 Å². The molecule has 1 aliphatic rings. The molecule has 0 N–H and O–H groups in total. The van der Waals surface area contributed by atoms with E-state index in [2.05, 4.69) is 112 Å². The summed E-state index contributed by atoms with van der Waals surface area (Å²) in [6, 6.07) is 49.9. The summed E-state index contributed by atoms with van der Waals surface area (Å²) >= 11 is 0. The Morgan fingerprint density at radius 1 is 0.500 bits per heavy atom. The number of nitrogens with zero attached hydrogens (tertiary/aromatic N) is 5. The monoisotopic (exact) mass is 637 g/mol. The molecule has 0 amide bonds. The minimum atomic E-state index is -0.133. The van der Waals surface area contributed by atoms with Crippen LogP contribution in [0.1, 0.15) is 34.2 Å². The van der Waals surface area contributed by atoms with Gasteiger partial charge in [0.15, 0.2) is 0 Å². The van der Waals surface area contributed by atoms with Gasteiger partial charge in [-0.1, -0.05) is 85.0 Å². The molecule has 50 heavy (non-hydrogen) atoms. The van der Waals surface area contributed by atoms with Crippen molar-refractivity contribution in [3.8, 4) is 35.0 Å². The number of allylic oxidation sites excluding steroid dienone is 4. The Balaban J connectivity index is 1.20. The second-order valence-corrected chi connectivity index (χ2v) is 12.6. The van der Waals surface area contributed by atoms with Gasteiger partial charge in [-0.05, 0) is 83.4 Å². The van der Waals surface area contributed by atoms with Gasteiger partial charge < -0.3 is 9.13 Å². The van der Waals surface area contributed by atoms with Crippen molar-refractivity contribution in [2.45, 2.75) is 12.0 Å². The Hall–Kier alpha value is -7.13. The molecular formula is C45H27N5. The molecule has 0 aliphatic heterocycles. The first kappa shape index (κ1) is 29.0. The lowest BCUT2D eigenvalue weighted by atomic mass is 9.81. The quantitative estimate of drug-likeness (QED) is 0.193. The molecule has 5 nitrogen and oxygen atoms in total. The second-order valence-electron chi connectivity index (χ2n) is 12.6. The highest BCUT2D eigenvalue weighted by molar-refractivity contribution is 6.10. The number of aromatic nitrogens is 2. The molecular weight excluding hydrogens is 611 g/mol. The Morgan fingerprint density at radius 3 is 1.82 bits per heavy atom. The molecule has 0 radical (unpaired) electrons.